The molecular weight excluding hydrogens is 348 g/mol. The van der Waals surface area contributed by atoms with Crippen LogP contribution < -0.4 is 9.47 Å². The third kappa shape index (κ3) is 2.77. The molecule has 0 N–H and O–H groups in total. The largest absolute Gasteiger partial charge is 0.493 e. The number of ether oxygens (including phenoxy) is 3. The molecule has 1 saturated carbocycles. The first-order valence-corrected chi connectivity index (χ1v) is 10.2. The summed E-state index contributed by atoms with van der Waals surface area (Å²) < 4.78 is 18.0. The van der Waals surface area contributed by atoms with Crippen LogP contribution >= 0.6 is 0 Å². The van der Waals surface area contributed by atoms with Gasteiger partial charge in [-0.05, 0) is 52.4 Å². The summed E-state index contributed by atoms with van der Waals surface area (Å²) in [6.45, 7) is 0. The maximum absolute atomic E-state index is 6.79. The van der Waals surface area contributed by atoms with Gasteiger partial charge in [0.1, 0.15) is 6.10 Å². The zero-order chi connectivity index (χ0) is 19.1. The minimum atomic E-state index is -0.0831. The number of benzene rings is 3. The fourth-order valence-electron chi connectivity index (χ4n) is 5.04. The van der Waals surface area contributed by atoms with E-state index in [4.69, 9.17) is 14.2 Å². The normalized spacial score (nSPS) is 23.7. The molecule has 28 heavy (non-hydrogen) atoms. The summed E-state index contributed by atoms with van der Waals surface area (Å²) in [6, 6.07) is 19.4. The highest BCUT2D eigenvalue weighted by Crippen LogP contribution is 2.50. The summed E-state index contributed by atoms with van der Waals surface area (Å²) in [5, 5.41) is 2.50. The van der Waals surface area contributed by atoms with Crippen LogP contribution in [0.3, 0.4) is 0 Å². The van der Waals surface area contributed by atoms with Gasteiger partial charge in [0, 0.05) is 5.92 Å². The Labute approximate surface area is 166 Å². The van der Waals surface area contributed by atoms with Crippen LogP contribution in [0.1, 0.15) is 54.4 Å². The van der Waals surface area contributed by atoms with E-state index in [0.29, 0.717) is 5.92 Å². The van der Waals surface area contributed by atoms with Gasteiger partial charge in [0.2, 0.25) is 0 Å². The molecule has 0 unspecified atom stereocenters. The van der Waals surface area contributed by atoms with E-state index in [1.807, 2.05) is 0 Å². The molecule has 2 aliphatic rings. The lowest BCUT2D eigenvalue weighted by Crippen LogP contribution is -2.33. The molecule has 0 saturated heterocycles. The van der Waals surface area contributed by atoms with Crippen LogP contribution in [0.4, 0.5) is 0 Å². The van der Waals surface area contributed by atoms with Gasteiger partial charge in [-0.1, -0.05) is 55.3 Å². The maximum atomic E-state index is 6.79. The lowest BCUT2D eigenvalue weighted by atomic mass is 9.75. The average Bonchev–Trinajstić information content (AvgIpc) is 2.77. The van der Waals surface area contributed by atoms with E-state index in [2.05, 4.69) is 54.6 Å². The third-order valence-electron chi connectivity index (χ3n) is 6.39. The van der Waals surface area contributed by atoms with Gasteiger partial charge < -0.3 is 14.2 Å². The van der Waals surface area contributed by atoms with Gasteiger partial charge in [-0.15, -0.1) is 0 Å². The van der Waals surface area contributed by atoms with Crippen LogP contribution in [0, 0.1) is 0 Å². The van der Waals surface area contributed by atoms with Crippen molar-refractivity contribution in [2.75, 3.05) is 14.2 Å². The third-order valence-corrected chi connectivity index (χ3v) is 6.39. The van der Waals surface area contributed by atoms with E-state index >= 15 is 0 Å². The van der Waals surface area contributed by atoms with Gasteiger partial charge in [-0.2, -0.15) is 0 Å². The second-order valence-electron chi connectivity index (χ2n) is 7.85. The second kappa shape index (κ2) is 7.14. The number of rotatable bonds is 3. The van der Waals surface area contributed by atoms with E-state index in [1.165, 1.54) is 46.7 Å². The van der Waals surface area contributed by atoms with Crippen LogP contribution in [-0.4, -0.2) is 20.3 Å². The highest BCUT2D eigenvalue weighted by Gasteiger charge is 2.39. The highest BCUT2D eigenvalue weighted by atomic mass is 16.5. The number of fused-ring (bicyclic) bond motifs is 4. The molecule has 0 spiro atoms. The molecule has 0 bridgehead atoms. The zero-order valence-corrected chi connectivity index (χ0v) is 16.5. The quantitative estimate of drug-likeness (QED) is 0.562. The average molecular weight is 374 g/mol. The molecule has 1 aliphatic carbocycles. The van der Waals surface area contributed by atoms with Crippen LogP contribution in [-0.2, 0) is 4.74 Å². The molecule has 1 fully saturated rings. The van der Waals surface area contributed by atoms with E-state index < -0.39 is 0 Å². The van der Waals surface area contributed by atoms with Gasteiger partial charge in [0.15, 0.2) is 11.5 Å². The second-order valence-corrected chi connectivity index (χ2v) is 7.85. The summed E-state index contributed by atoms with van der Waals surface area (Å²) >= 11 is 0. The molecule has 1 aliphatic heterocycles. The van der Waals surface area contributed by atoms with Crippen molar-refractivity contribution in [2.24, 2.45) is 0 Å². The molecular formula is C25H26O3. The SMILES string of the molecule is COc1cc2c(cc1OC)[C@@H]1CCCC[C@@H]1O[C@H]2c1cccc2ccccc12. The maximum Gasteiger partial charge on any atom is 0.161 e. The molecule has 0 aromatic heterocycles. The van der Waals surface area contributed by atoms with Crippen LogP contribution in [0.5, 0.6) is 11.5 Å². The lowest BCUT2D eigenvalue weighted by molar-refractivity contribution is -0.0385. The Kier molecular flexibility index (Phi) is 4.48. The molecule has 144 valence electrons. The monoisotopic (exact) mass is 374 g/mol. The van der Waals surface area contributed by atoms with Crippen molar-refractivity contribution in [2.45, 2.75) is 43.8 Å². The topological polar surface area (TPSA) is 27.7 Å². The van der Waals surface area contributed by atoms with Crippen molar-refractivity contribution < 1.29 is 14.2 Å². The predicted octanol–water partition coefficient (Wildman–Crippen LogP) is 6.00. The standard InChI is InChI=1S/C25H26O3/c1-26-23-14-20-18-11-5-6-13-22(18)28-25(21(20)15-24(23)27-2)19-12-7-9-16-8-3-4-10-17(16)19/h3-4,7-10,12,14-15,18,22,25H,5-6,11,13H2,1-2H3/t18-,22-,25-/m0/s1. The molecule has 3 nitrogen and oxygen atoms in total. The zero-order valence-electron chi connectivity index (χ0n) is 16.5. The van der Waals surface area contributed by atoms with Crippen LogP contribution in [0.15, 0.2) is 54.6 Å². The molecule has 3 aromatic rings. The summed E-state index contributed by atoms with van der Waals surface area (Å²) in [6.07, 6.45) is 4.99. The molecule has 0 amide bonds. The van der Waals surface area contributed by atoms with Gasteiger partial charge >= 0.3 is 0 Å². The highest BCUT2D eigenvalue weighted by molar-refractivity contribution is 5.86. The van der Waals surface area contributed by atoms with Crippen molar-refractivity contribution in [3.8, 4) is 11.5 Å². The van der Waals surface area contributed by atoms with Crippen molar-refractivity contribution in [1.82, 2.24) is 0 Å². The van der Waals surface area contributed by atoms with Gasteiger partial charge in [-0.25, -0.2) is 0 Å². The van der Waals surface area contributed by atoms with Crippen LogP contribution in [0.25, 0.3) is 10.8 Å². The van der Waals surface area contributed by atoms with Crippen molar-refractivity contribution in [3.63, 3.8) is 0 Å². The Balaban J connectivity index is 1.73. The first-order valence-electron chi connectivity index (χ1n) is 10.2. The van der Waals surface area contributed by atoms with Crippen LogP contribution in [0.2, 0.25) is 0 Å². The Hall–Kier alpha value is -2.52. The summed E-state index contributed by atoms with van der Waals surface area (Å²) in [7, 11) is 3.41. The first kappa shape index (κ1) is 17.6. The summed E-state index contributed by atoms with van der Waals surface area (Å²) in [5.41, 5.74) is 3.82. The molecule has 5 rings (SSSR count). The van der Waals surface area contributed by atoms with E-state index in [9.17, 15) is 0 Å². The Morgan fingerprint density at radius 1 is 0.786 bits per heavy atom. The predicted molar refractivity (Wildman–Crippen MR) is 111 cm³/mol. The fourth-order valence-corrected chi connectivity index (χ4v) is 5.04. The Bertz CT molecular complexity index is 1000. The summed E-state index contributed by atoms with van der Waals surface area (Å²) in [4.78, 5) is 0. The van der Waals surface area contributed by atoms with Gasteiger partial charge in [0.05, 0.1) is 20.3 Å². The van der Waals surface area contributed by atoms with E-state index in [1.54, 1.807) is 14.2 Å². The minimum absolute atomic E-state index is 0.0831. The Morgan fingerprint density at radius 3 is 2.32 bits per heavy atom. The molecule has 3 atom stereocenters. The number of hydrogen-bond acceptors (Lipinski definition) is 3. The molecule has 3 aromatic carbocycles. The lowest BCUT2D eigenvalue weighted by Gasteiger charge is -2.42. The first-order chi connectivity index (χ1) is 13.8. The van der Waals surface area contributed by atoms with E-state index in [0.717, 1.165) is 17.9 Å². The minimum Gasteiger partial charge on any atom is -0.493 e. The number of hydrogen-bond donors (Lipinski definition) is 0. The van der Waals surface area contributed by atoms with Gasteiger partial charge in [-0.3, -0.25) is 0 Å². The number of methoxy groups -OCH3 is 2. The molecule has 3 heteroatoms. The van der Waals surface area contributed by atoms with Crippen molar-refractivity contribution >= 4 is 10.8 Å². The van der Waals surface area contributed by atoms with Gasteiger partial charge in [0.25, 0.3) is 0 Å². The van der Waals surface area contributed by atoms with Crippen molar-refractivity contribution in [3.05, 3.63) is 71.3 Å². The fraction of sp³-hybridized carbons (Fsp3) is 0.360. The van der Waals surface area contributed by atoms with E-state index in [-0.39, 0.29) is 12.2 Å². The molecule has 0 radical (unpaired) electrons. The summed E-state index contributed by atoms with van der Waals surface area (Å²) in [5.74, 6) is 2.02. The Morgan fingerprint density at radius 2 is 1.50 bits per heavy atom. The van der Waals surface area contributed by atoms with Crippen molar-refractivity contribution in [1.29, 1.82) is 0 Å². The smallest absolute Gasteiger partial charge is 0.161 e. The molecule has 1 heterocycles.